The minimum absolute atomic E-state index is 0.0783. The molecule has 2 N–H and O–H groups in total. The van der Waals surface area contributed by atoms with Gasteiger partial charge in [0, 0.05) is 17.3 Å². The topological polar surface area (TPSA) is 62.0 Å². The van der Waals surface area contributed by atoms with Crippen LogP contribution >= 0.6 is 0 Å². The predicted octanol–water partition coefficient (Wildman–Crippen LogP) is 2.71. The molecule has 0 unspecified atom stereocenters. The number of anilines is 1. The zero-order chi connectivity index (χ0) is 14.7. The number of hydrogen-bond donors (Lipinski definition) is 2. The molecular formula is C17H14N2O2. The molecule has 3 rings (SSSR count). The number of aromatic nitrogens is 1. The Bertz CT molecular complexity index is 838. The number of nitrogens with one attached hydrogen (secondary N) is 2. The van der Waals surface area contributed by atoms with Crippen LogP contribution in [-0.2, 0) is 11.2 Å². The number of fused-ring (bicyclic) bond motifs is 1. The lowest BCUT2D eigenvalue weighted by molar-refractivity contribution is -0.115. The van der Waals surface area contributed by atoms with E-state index in [2.05, 4.69) is 10.3 Å². The van der Waals surface area contributed by atoms with Crippen LogP contribution in [0.2, 0.25) is 0 Å². The van der Waals surface area contributed by atoms with Crippen LogP contribution < -0.4 is 10.9 Å². The van der Waals surface area contributed by atoms with E-state index in [1.807, 2.05) is 36.4 Å². The van der Waals surface area contributed by atoms with Gasteiger partial charge in [0.2, 0.25) is 5.91 Å². The number of hydrogen-bond acceptors (Lipinski definition) is 2. The molecule has 0 aliphatic carbocycles. The minimum Gasteiger partial charge on any atom is -0.329 e. The van der Waals surface area contributed by atoms with E-state index in [4.69, 9.17) is 0 Å². The van der Waals surface area contributed by atoms with E-state index in [9.17, 15) is 9.59 Å². The Hall–Kier alpha value is -2.88. The first-order valence-corrected chi connectivity index (χ1v) is 6.67. The van der Waals surface area contributed by atoms with Gasteiger partial charge in [-0.25, -0.2) is 0 Å². The van der Waals surface area contributed by atoms with E-state index in [0.717, 1.165) is 10.9 Å². The summed E-state index contributed by atoms with van der Waals surface area (Å²) in [5.41, 5.74) is 1.52. The Kier molecular flexibility index (Phi) is 3.51. The summed E-state index contributed by atoms with van der Waals surface area (Å²) in [6, 6.07) is 16.6. The molecule has 0 aliphatic heterocycles. The molecule has 21 heavy (non-hydrogen) atoms. The van der Waals surface area contributed by atoms with Crippen molar-refractivity contribution >= 4 is 22.4 Å². The molecule has 0 bridgehead atoms. The molecule has 1 aromatic heterocycles. The lowest BCUT2D eigenvalue weighted by Gasteiger charge is -2.06. The highest BCUT2D eigenvalue weighted by Crippen LogP contribution is 2.16. The summed E-state index contributed by atoms with van der Waals surface area (Å²) >= 11 is 0. The van der Waals surface area contributed by atoms with E-state index in [1.165, 1.54) is 0 Å². The van der Waals surface area contributed by atoms with E-state index >= 15 is 0 Å². The first kappa shape index (κ1) is 13.1. The summed E-state index contributed by atoms with van der Waals surface area (Å²) in [5, 5.41) is 4.26. The number of aromatic amines is 1. The van der Waals surface area contributed by atoms with Gasteiger partial charge in [-0.2, -0.15) is 0 Å². The summed E-state index contributed by atoms with van der Waals surface area (Å²) in [6.45, 7) is 0. The predicted molar refractivity (Wildman–Crippen MR) is 83.3 cm³/mol. The quantitative estimate of drug-likeness (QED) is 0.773. The number of pyridine rings is 1. The molecule has 3 aromatic rings. The van der Waals surface area contributed by atoms with E-state index in [-0.39, 0.29) is 11.5 Å². The third-order valence-electron chi connectivity index (χ3n) is 3.26. The van der Waals surface area contributed by atoms with Crippen LogP contribution in [-0.4, -0.2) is 10.9 Å². The number of carbonyl (C=O) groups is 1. The fourth-order valence-corrected chi connectivity index (χ4v) is 2.26. The molecule has 0 atom stereocenters. The second-order valence-corrected chi connectivity index (χ2v) is 4.82. The molecular weight excluding hydrogens is 264 g/mol. The van der Waals surface area contributed by atoms with Crippen molar-refractivity contribution in [2.45, 2.75) is 6.42 Å². The van der Waals surface area contributed by atoms with Crippen molar-refractivity contribution in [2.24, 2.45) is 0 Å². The van der Waals surface area contributed by atoms with Gasteiger partial charge in [0.1, 0.15) is 0 Å². The van der Waals surface area contributed by atoms with Gasteiger partial charge in [-0.3, -0.25) is 9.59 Å². The Labute approximate surface area is 121 Å². The Morgan fingerprint density at radius 2 is 1.86 bits per heavy atom. The third kappa shape index (κ3) is 3.00. The van der Waals surface area contributed by atoms with Crippen LogP contribution in [0, 0.1) is 0 Å². The number of carbonyl (C=O) groups excluding carboxylic acids is 1. The number of amides is 1. The molecule has 1 amide bonds. The van der Waals surface area contributed by atoms with Crippen LogP contribution in [0.5, 0.6) is 0 Å². The molecule has 0 saturated carbocycles. The summed E-state index contributed by atoms with van der Waals surface area (Å²) in [4.78, 5) is 26.2. The molecule has 0 aliphatic rings. The lowest BCUT2D eigenvalue weighted by Crippen LogP contribution is -2.14. The van der Waals surface area contributed by atoms with Gasteiger partial charge in [0.25, 0.3) is 5.56 Å². The molecule has 0 saturated heterocycles. The standard InChI is InChI=1S/C17H14N2O2/c20-16(10-12-4-2-1-3-5-12)19-14-6-7-15-13(11-14)8-9-18-17(15)21/h1-9,11H,10H2,(H,18,21)(H,19,20). The van der Waals surface area contributed by atoms with E-state index in [1.54, 1.807) is 24.4 Å². The monoisotopic (exact) mass is 278 g/mol. The van der Waals surface area contributed by atoms with Gasteiger partial charge < -0.3 is 10.3 Å². The molecule has 0 radical (unpaired) electrons. The number of rotatable bonds is 3. The van der Waals surface area contributed by atoms with Crippen LogP contribution in [0.3, 0.4) is 0 Å². The normalized spacial score (nSPS) is 10.5. The van der Waals surface area contributed by atoms with Crippen molar-refractivity contribution in [1.29, 1.82) is 0 Å². The third-order valence-corrected chi connectivity index (χ3v) is 3.26. The van der Waals surface area contributed by atoms with Gasteiger partial charge in [-0.15, -0.1) is 0 Å². The van der Waals surface area contributed by atoms with Crippen molar-refractivity contribution in [3.05, 3.63) is 76.7 Å². The second kappa shape index (κ2) is 5.63. The van der Waals surface area contributed by atoms with Gasteiger partial charge in [-0.05, 0) is 35.2 Å². The highest BCUT2D eigenvalue weighted by Gasteiger charge is 2.05. The highest BCUT2D eigenvalue weighted by atomic mass is 16.1. The molecule has 2 aromatic carbocycles. The fraction of sp³-hybridized carbons (Fsp3) is 0.0588. The summed E-state index contributed by atoms with van der Waals surface area (Å²) in [6.07, 6.45) is 1.93. The SMILES string of the molecule is O=C(Cc1ccccc1)Nc1ccc2c(=O)[nH]ccc2c1. The van der Waals surface area contributed by atoms with E-state index < -0.39 is 0 Å². The maximum Gasteiger partial charge on any atom is 0.255 e. The molecule has 0 spiro atoms. The zero-order valence-electron chi connectivity index (χ0n) is 11.3. The number of H-pyrrole nitrogens is 1. The maximum atomic E-state index is 12.0. The van der Waals surface area contributed by atoms with Crippen molar-refractivity contribution in [3.63, 3.8) is 0 Å². The Balaban J connectivity index is 1.79. The Morgan fingerprint density at radius 1 is 1.05 bits per heavy atom. The van der Waals surface area contributed by atoms with Crippen LogP contribution in [0.4, 0.5) is 5.69 Å². The smallest absolute Gasteiger partial charge is 0.255 e. The van der Waals surface area contributed by atoms with Gasteiger partial charge in [0.05, 0.1) is 6.42 Å². The fourth-order valence-electron chi connectivity index (χ4n) is 2.26. The summed E-state index contributed by atoms with van der Waals surface area (Å²) < 4.78 is 0. The lowest BCUT2D eigenvalue weighted by atomic mass is 10.1. The zero-order valence-corrected chi connectivity index (χ0v) is 11.3. The largest absolute Gasteiger partial charge is 0.329 e. The summed E-state index contributed by atoms with van der Waals surface area (Å²) in [5.74, 6) is -0.0783. The van der Waals surface area contributed by atoms with Gasteiger partial charge in [0.15, 0.2) is 0 Å². The van der Waals surface area contributed by atoms with Crippen LogP contribution in [0.25, 0.3) is 10.8 Å². The average molecular weight is 278 g/mol. The molecule has 4 heteroatoms. The average Bonchev–Trinajstić information content (AvgIpc) is 2.48. The second-order valence-electron chi connectivity index (χ2n) is 4.82. The molecule has 104 valence electrons. The van der Waals surface area contributed by atoms with Crippen LogP contribution in [0.1, 0.15) is 5.56 Å². The van der Waals surface area contributed by atoms with Crippen molar-refractivity contribution in [3.8, 4) is 0 Å². The molecule has 4 nitrogen and oxygen atoms in total. The summed E-state index contributed by atoms with van der Waals surface area (Å²) in [7, 11) is 0. The van der Waals surface area contributed by atoms with Gasteiger partial charge in [-0.1, -0.05) is 30.3 Å². The van der Waals surface area contributed by atoms with E-state index in [0.29, 0.717) is 17.5 Å². The Morgan fingerprint density at radius 3 is 2.67 bits per heavy atom. The van der Waals surface area contributed by atoms with Crippen molar-refractivity contribution < 1.29 is 4.79 Å². The molecule has 0 fully saturated rings. The highest BCUT2D eigenvalue weighted by molar-refractivity contribution is 5.95. The van der Waals surface area contributed by atoms with Gasteiger partial charge >= 0.3 is 0 Å². The first-order chi connectivity index (χ1) is 10.2. The minimum atomic E-state index is -0.130. The molecule has 1 heterocycles. The van der Waals surface area contributed by atoms with Crippen molar-refractivity contribution in [1.82, 2.24) is 4.98 Å². The number of benzene rings is 2. The first-order valence-electron chi connectivity index (χ1n) is 6.67. The maximum absolute atomic E-state index is 12.0. The van der Waals surface area contributed by atoms with Crippen LogP contribution in [0.15, 0.2) is 65.6 Å². The van der Waals surface area contributed by atoms with Crippen molar-refractivity contribution in [2.75, 3.05) is 5.32 Å².